The summed E-state index contributed by atoms with van der Waals surface area (Å²) in [5.74, 6) is -0.313. The Balaban J connectivity index is 2.25. The summed E-state index contributed by atoms with van der Waals surface area (Å²) < 4.78 is 1.53. The molecule has 28 heavy (non-hydrogen) atoms. The average molecular weight is 375 g/mol. The van der Waals surface area contributed by atoms with Gasteiger partial charge in [0.2, 0.25) is 0 Å². The number of hydrogen-bond donors (Lipinski definition) is 1. The van der Waals surface area contributed by atoms with Gasteiger partial charge in [0, 0.05) is 11.1 Å². The Morgan fingerprint density at radius 2 is 1.57 bits per heavy atom. The van der Waals surface area contributed by atoms with E-state index in [4.69, 9.17) is 0 Å². The standard InChI is InChI=1S/C23H25N3O2/c1-16-22(28)26(15-17-11-7-5-8-12-17)20(21(27)25-23(2,3)4)19(24-16)18-13-9-6-10-14-18/h5-14H,15H2,1-4H3,(H,25,27). The molecule has 144 valence electrons. The third-order valence-electron chi connectivity index (χ3n) is 4.26. The highest BCUT2D eigenvalue weighted by Gasteiger charge is 2.25. The van der Waals surface area contributed by atoms with Crippen LogP contribution in [0.2, 0.25) is 0 Å². The molecule has 0 saturated heterocycles. The molecule has 0 aliphatic rings. The van der Waals surface area contributed by atoms with E-state index in [0.717, 1.165) is 11.1 Å². The van der Waals surface area contributed by atoms with Crippen molar-refractivity contribution < 1.29 is 4.79 Å². The Bertz CT molecular complexity index is 1030. The monoisotopic (exact) mass is 375 g/mol. The van der Waals surface area contributed by atoms with Crippen LogP contribution in [0, 0.1) is 6.92 Å². The summed E-state index contributed by atoms with van der Waals surface area (Å²) in [5.41, 5.74) is 2.19. The Hall–Kier alpha value is -3.21. The van der Waals surface area contributed by atoms with Gasteiger partial charge in [-0.25, -0.2) is 4.98 Å². The summed E-state index contributed by atoms with van der Waals surface area (Å²) in [6, 6.07) is 19.1. The summed E-state index contributed by atoms with van der Waals surface area (Å²) in [6.45, 7) is 7.72. The quantitative estimate of drug-likeness (QED) is 0.754. The van der Waals surface area contributed by atoms with E-state index >= 15 is 0 Å². The van der Waals surface area contributed by atoms with Gasteiger partial charge in [0.25, 0.3) is 11.5 Å². The van der Waals surface area contributed by atoms with Gasteiger partial charge in [0.15, 0.2) is 0 Å². The number of benzene rings is 2. The summed E-state index contributed by atoms with van der Waals surface area (Å²) in [6.07, 6.45) is 0. The van der Waals surface area contributed by atoms with E-state index in [9.17, 15) is 9.59 Å². The molecular formula is C23H25N3O2. The van der Waals surface area contributed by atoms with Crippen LogP contribution >= 0.6 is 0 Å². The zero-order chi connectivity index (χ0) is 20.3. The zero-order valence-electron chi connectivity index (χ0n) is 16.7. The lowest BCUT2D eigenvalue weighted by atomic mass is 10.1. The molecule has 0 aliphatic heterocycles. The molecule has 0 radical (unpaired) electrons. The topological polar surface area (TPSA) is 64.0 Å². The average Bonchev–Trinajstić information content (AvgIpc) is 2.65. The van der Waals surface area contributed by atoms with Crippen LogP contribution in [0.4, 0.5) is 0 Å². The molecule has 1 amide bonds. The Morgan fingerprint density at radius 1 is 1.00 bits per heavy atom. The van der Waals surface area contributed by atoms with Crippen molar-refractivity contribution in [3.8, 4) is 11.3 Å². The fourth-order valence-electron chi connectivity index (χ4n) is 3.04. The molecule has 3 rings (SSSR count). The van der Waals surface area contributed by atoms with Crippen molar-refractivity contribution in [3.05, 3.63) is 88.0 Å². The molecule has 0 aliphatic carbocycles. The second kappa shape index (κ2) is 7.80. The van der Waals surface area contributed by atoms with Crippen molar-refractivity contribution in [2.24, 2.45) is 0 Å². The predicted molar refractivity (Wildman–Crippen MR) is 111 cm³/mol. The molecule has 0 atom stereocenters. The fourth-order valence-corrected chi connectivity index (χ4v) is 3.04. The van der Waals surface area contributed by atoms with Crippen LogP contribution in [0.25, 0.3) is 11.3 Å². The highest BCUT2D eigenvalue weighted by molar-refractivity contribution is 5.98. The van der Waals surface area contributed by atoms with E-state index in [2.05, 4.69) is 10.3 Å². The normalized spacial score (nSPS) is 11.3. The van der Waals surface area contributed by atoms with Crippen LogP contribution < -0.4 is 10.9 Å². The van der Waals surface area contributed by atoms with Crippen LogP contribution in [0.1, 0.15) is 42.5 Å². The smallest absolute Gasteiger partial charge is 0.272 e. The van der Waals surface area contributed by atoms with Crippen molar-refractivity contribution in [1.82, 2.24) is 14.9 Å². The number of hydrogen-bond acceptors (Lipinski definition) is 3. The van der Waals surface area contributed by atoms with Crippen molar-refractivity contribution in [1.29, 1.82) is 0 Å². The minimum Gasteiger partial charge on any atom is -0.346 e. The van der Waals surface area contributed by atoms with E-state index in [1.54, 1.807) is 6.92 Å². The number of aryl methyl sites for hydroxylation is 1. The predicted octanol–water partition coefficient (Wildman–Crippen LogP) is 3.80. The Morgan fingerprint density at radius 3 is 2.14 bits per heavy atom. The first-order chi connectivity index (χ1) is 13.3. The van der Waals surface area contributed by atoms with Crippen molar-refractivity contribution in [2.75, 3.05) is 0 Å². The lowest BCUT2D eigenvalue weighted by Crippen LogP contribution is -2.44. The molecule has 5 heteroatoms. The van der Waals surface area contributed by atoms with Gasteiger partial charge < -0.3 is 5.32 Å². The number of aromatic nitrogens is 2. The van der Waals surface area contributed by atoms with E-state index in [0.29, 0.717) is 17.9 Å². The van der Waals surface area contributed by atoms with E-state index in [-0.39, 0.29) is 17.2 Å². The molecule has 0 unspecified atom stereocenters. The van der Waals surface area contributed by atoms with Gasteiger partial charge in [-0.1, -0.05) is 60.7 Å². The Kier molecular flexibility index (Phi) is 5.45. The molecular weight excluding hydrogens is 350 g/mol. The van der Waals surface area contributed by atoms with Gasteiger partial charge in [0.1, 0.15) is 17.1 Å². The van der Waals surface area contributed by atoms with Crippen LogP contribution in [0.15, 0.2) is 65.5 Å². The SMILES string of the molecule is Cc1nc(-c2ccccc2)c(C(=O)NC(C)(C)C)n(Cc2ccccc2)c1=O. The second-order valence-corrected chi connectivity index (χ2v) is 7.84. The summed E-state index contributed by atoms with van der Waals surface area (Å²) >= 11 is 0. The maximum absolute atomic E-state index is 13.2. The molecule has 0 spiro atoms. The maximum atomic E-state index is 13.2. The van der Waals surface area contributed by atoms with Crippen LogP contribution in [0.5, 0.6) is 0 Å². The largest absolute Gasteiger partial charge is 0.346 e. The summed E-state index contributed by atoms with van der Waals surface area (Å²) in [7, 11) is 0. The van der Waals surface area contributed by atoms with Crippen LogP contribution in [0.3, 0.4) is 0 Å². The highest BCUT2D eigenvalue weighted by atomic mass is 16.2. The fraction of sp³-hybridized carbons (Fsp3) is 0.261. The van der Waals surface area contributed by atoms with Crippen molar-refractivity contribution in [2.45, 2.75) is 39.8 Å². The number of rotatable bonds is 4. The highest BCUT2D eigenvalue weighted by Crippen LogP contribution is 2.22. The van der Waals surface area contributed by atoms with E-state index < -0.39 is 5.54 Å². The van der Waals surface area contributed by atoms with E-state index in [1.165, 1.54) is 4.57 Å². The van der Waals surface area contributed by atoms with E-state index in [1.807, 2.05) is 81.4 Å². The number of carbonyl (C=O) groups excluding carboxylic acids is 1. The molecule has 1 aromatic heterocycles. The summed E-state index contributed by atoms with van der Waals surface area (Å²) in [5, 5.41) is 2.98. The molecule has 5 nitrogen and oxygen atoms in total. The first-order valence-electron chi connectivity index (χ1n) is 9.29. The minimum absolute atomic E-state index is 0.261. The first kappa shape index (κ1) is 19.5. The molecule has 1 heterocycles. The van der Waals surface area contributed by atoms with Crippen molar-refractivity contribution >= 4 is 5.91 Å². The number of carbonyl (C=O) groups is 1. The minimum atomic E-state index is -0.441. The molecule has 2 aromatic carbocycles. The molecule has 1 N–H and O–H groups in total. The zero-order valence-corrected chi connectivity index (χ0v) is 16.7. The molecule has 0 fully saturated rings. The lowest BCUT2D eigenvalue weighted by Gasteiger charge is -2.23. The van der Waals surface area contributed by atoms with Gasteiger partial charge >= 0.3 is 0 Å². The summed E-state index contributed by atoms with van der Waals surface area (Å²) in [4.78, 5) is 30.7. The molecule has 0 saturated carbocycles. The second-order valence-electron chi connectivity index (χ2n) is 7.84. The first-order valence-corrected chi connectivity index (χ1v) is 9.29. The lowest BCUT2D eigenvalue weighted by molar-refractivity contribution is 0.0909. The number of nitrogens with one attached hydrogen (secondary N) is 1. The van der Waals surface area contributed by atoms with Gasteiger partial charge in [-0.05, 0) is 33.3 Å². The Labute approximate surface area is 165 Å². The number of amides is 1. The van der Waals surface area contributed by atoms with Crippen LogP contribution in [-0.4, -0.2) is 21.0 Å². The van der Waals surface area contributed by atoms with Gasteiger partial charge in [-0.3, -0.25) is 14.2 Å². The molecule has 0 bridgehead atoms. The third-order valence-corrected chi connectivity index (χ3v) is 4.26. The number of nitrogens with zero attached hydrogens (tertiary/aromatic N) is 2. The maximum Gasteiger partial charge on any atom is 0.272 e. The van der Waals surface area contributed by atoms with Gasteiger partial charge in [-0.2, -0.15) is 0 Å². The molecule has 3 aromatic rings. The van der Waals surface area contributed by atoms with Gasteiger partial charge in [0.05, 0.1) is 6.54 Å². The van der Waals surface area contributed by atoms with Crippen molar-refractivity contribution in [3.63, 3.8) is 0 Å². The van der Waals surface area contributed by atoms with Gasteiger partial charge in [-0.15, -0.1) is 0 Å². The third kappa shape index (κ3) is 4.36. The van der Waals surface area contributed by atoms with Crippen LogP contribution in [-0.2, 0) is 6.54 Å².